The monoisotopic (exact) mass is 342 g/mol. The first-order valence-electron chi connectivity index (χ1n) is 6.58. The molecule has 2 aromatic rings. The molecule has 0 fully saturated rings. The summed E-state index contributed by atoms with van der Waals surface area (Å²) < 4.78 is 43.7. The minimum atomic E-state index is -4.52. The van der Waals surface area contributed by atoms with Crippen LogP contribution in [0.2, 0.25) is 0 Å². The Labute approximate surface area is 134 Å². The third-order valence-electron chi connectivity index (χ3n) is 3.01. The van der Waals surface area contributed by atoms with Crippen LogP contribution in [0.15, 0.2) is 30.5 Å². The number of nitrogens with one attached hydrogen (secondary N) is 2. The Hall–Kier alpha value is -3.04. The van der Waals surface area contributed by atoms with Crippen LogP contribution in [0, 0.1) is 0 Å². The predicted octanol–water partition coefficient (Wildman–Crippen LogP) is 2.87. The van der Waals surface area contributed by atoms with Gasteiger partial charge in [0.25, 0.3) is 0 Å². The maximum Gasteiger partial charge on any atom is 0.416 e. The number of methoxy groups -OCH3 is 1. The van der Waals surface area contributed by atoms with Crippen LogP contribution in [0.25, 0.3) is 0 Å². The Morgan fingerprint density at radius 1 is 1.25 bits per heavy atom. The van der Waals surface area contributed by atoms with Gasteiger partial charge in [-0.25, -0.2) is 9.59 Å². The molecule has 0 radical (unpaired) electrons. The van der Waals surface area contributed by atoms with Crippen molar-refractivity contribution >= 4 is 23.4 Å². The fourth-order valence-electron chi connectivity index (χ4n) is 1.93. The molecule has 0 spiro atoms. The average molecular weight is 342 g/mol. The number of amides is 2. The number of carbonyl (C=O) groups excluding carboxylic acids is 2. The number of rotatable bonds is 3. The summed E-state index contributed by atoms with van der Waals surface area (Å²) >= 11 is 0. The number of esters is 1. The van der Waals surface area contributed by atoms with Gasteiger partial charge in [-0.1, -0.05) is 6.07 Å². The van der Waals surface area contributed by atoms with Crippen molar-refractivity contribution in [2.75, 3.05) is 17.7 Å². The molecular formula is C14H13F3N4O3. The number of aromatic nitrogens is 2. The summed E-state index contributed by atoms with van der Waals surface area (Å²) in [6.45, 7) is 0. The number of anilines is 2. The van der Waals surface area contributed by atoms with Gasteiger partial charge in [0, 0.05) is 12.7 Å². The molecule has 0 aliphatic heterocycles. The zero-order chi connectivity index (χ0) is 17.9. The number of ether oxygens (including phenoxy) is 1. The Morgan fingerprint density at radius 3 is 2.58 bits per heavy atom. The molecular weight excluding hydrogens is 329 g/mol. The van der Waals surface area contributed by atoms with E-state index >= 15 is 0 Å². The molecule has 0 saturated carbocycles. The van der Waals surface area contributed by atoms with Gasteiger partial charge in [-0.2, -0.15) is 18.3 Å². The van der Waals surface area contributed by atoms with Crippen LogP contribution in [-0.2, 0) is 18.0 Å². The second-order valence-corrected chi connectivity index (χ2v) is 4.68. The first kappa shape index (κ1) is 17.3. The van der Waals surface area contributed by atoms with Crippen LogP contribution in [-0.4, -0.2) is 28.9 Å². The first-order valence-corrected chi connectivity index (χ1v) is 6.58. The summed E-state index contributed by atoms with van der Waals surface area (Å²) in [6, 6.07) is 3.33. The summed E-state index contributed by atoms with van der Waals surface area (Å²) in [5.41, 5.74) is -0.881. The molecule has 0 saturated heterocycles. The predicted molar refractivity (Wildman–Crippen MR) is 78.6 cm³/mol. The van der Waals surface area contributed by atoms with E-state index in [9.17, 15) is 22.8 Å². The summed E-state index contributed by atoms with van der Waals surface area (Å²) in [6.07, 6.45) is -3.30. The minimum Gasteiger partial charge on any atom is -0.464 e. The Morgan fingerprint density at radius 2 is 1.96 bits per heavy atom. The zero-order valence-corrected chi connectivity index (χ0v) is 12.6. The second-order valence-electron chi connectivity index (χ2n) is 4.68. The molecule has 2 amide bonds. The van der Waals surface area contributed by atoms with E-state index in [1.807, 2.05) is 0 Å². The Kier molecular flexibility index (Phi) is 4.77. The molecule has 0 unspecified atom stereocenters. The van der Waals surface area contributed by atoms with Crippen molar-refractivity contribution in [3.63, 3.8) is 0 Å². The van der Waals surface area contributed by atoms with Crippen LogP contribution in [0.1, 0.15) is 16.1 Å². The Bertz CT molecular complexity index is 771. The third kappa shape index (κ3) is 3.83. The molecule has 0 bridgehead atoms. The van der Waals surface area contributed by atoms with Gasteiger partial charge in [-0.15, -0.1) is 0 Å². The van der Waals surface area contributed by atoms with E-state index in [1.54, 1.807) is 0 Å². The van der Waals surface area contributed by atoms with Crippen LogP contribution in [0.4, 0.5) is 29.3 Å². The van der Waals surface area contributed by atoms with Gasteiger partial charge >= 0.3 is 18.2 Å². The smallest absolute Gasteiger partial charge is 0.416 e. The molecule has 10 heteroatoms. The zero-order valence-electron chi connectivity index (χ0n) is 12.6. The van der Waals surface area contributed by atoms with Crippen molar-refractivity contribution in [2.24, 2.45) is 7.05 Å². The molecule has 1 heterocycles. The van der Waals surface area contributed by atoms with Gasteiger partial charge < -0.3 is 15.4 Å². The average Bonchev–Trinajstić information content (AvgIpc) is 2.86. The SMILES string of the molecule is COC(=O)c1c(NC(=O)Nc2cccc(C(F)(F)F)c2)cnn1C. The Balaban J connectivity index is 2.14. The van der Waals surface area contributed by atoms with Gasteiger partial charge in [0.2, 0.25) is 0 Å². The minimum absolute atomic E-state index is 0.00306. The van der Waals surface area contributed by atoms with Gasteiger partial charge in [0.1, 0.15) is 0 Å². The molecule has 7 nitrogen and oxygen atoms in total. The molecule has 0 atom stereocenters. The quantitative estimate of drug-likeness (QED) is 0.840. The fraction of sp³-hybridized carbons (Fsp3) is 0.214. The van der Waals surface area contributed by atoms with Gasteiger partial charge in [0.05, 0.1) is 24.6 Å². The third-order valence-corrected chi connectivity index (χ3v) is 3.01. The lowest BCUT2D eigenvalue weighted by Gasteiger charge is -2.11. The number of hydrogen-bond acceptors (Lipinski definition) is 4. The van der Waals surface area contributed by atoms with Crippen LogP contribution in [0.5, 0.6) is 0 Å². The standard InChI is InChI=1S/C14H13F3N4O3/c1-21-11(12(22)24-2)10(7-18-21)20-13(23)19-9-5-3-4-8(6-9)14(15,16)17/h3-7H,1-2H3,(H2,19,20,23). The summed E-state index contributed by atoms with van der Waals surface area (Å²) in [4.78, 5) is 23.6. The molecule has 0 aliphatic rings. The molecule has 1 aromatic carbocycles. The highest BCUT2D eigenvalue weighted by atomic mass is 19.4. The van der Waals surface area contributed by atoms with E-state index in [-0.39, 0.29) is 17.1 Å². The lowest BCUT2D eigenvalue weighted by Crippen LogP contribution is -2.21. The maximum atomic E-state index is 12.6. The van der Waals surface area contributed by atoms with Gasteiger partial charge in [0.15, 0.2) is 5.69 Å². The summed E-state index contributed by atoms with van der Waals surface area (Å²) in [5.74, 6) is -0.718. The highest BCUT2D eigenvalue weighted by Gasteiger charge is 2.30. The molecule has 2 rings (SSSR count). The highest BCUT2D eigenvalue weighted by molar-refractivity contribution is 6.04. The molecule has 128 valence electrons. The fourth-order valence-corrected chi connectivity index (χ4v) is 1.93. The number of hydrogen-bond donors (Lipinski definition) is 2. The van der Waals surface area contributed by atoms with Crippen molar-refractivity contribution < 1.29 is 27.5 Å². The molecule has 1 aromatic heterocycles. The highest BCUT2D eigenvalue weighted by Crippen LogP contribution is 2.30. The number of benzene rings is 1. The molecule has 24 heavy (non-hydrogen) atoms. The largest absolute Gasteiger partial charge is 0.464 e. The van der Waals surface area contributed by atoms with Crippen molar-refractivity contribution in [3.8, 4) is 0 Å². The van der Waals surface area contributed by atoms with Crippen molar-refractivity contribution in [1.29, 1.82) is 0 Å². The van der Waals surface area contributed by atoms with Crippen LogP contribution >= 0.6 is 0 Å². The molecule has 0 aliphatic carbocycles. The normalized spacial score (nSPS) is 11.0. The number of nitrogens with zero attached hydrogens (tertiary/aromatic N) is 2. The number of urea groups is 1. The second kappa shape index (κ2) is 6.60. The lowest BCUT2D eigenvalue weighted by atomic mass is 10.2. The summed E-state index contributed by atoms with van der Waals surface area (Å²) in [7, 11) is 2.64. The van der Waals surface area contributed by atoms with Crippen molar-refractivity contribution in [1.82, 2.24) is 9.78 Å². The van der Waals surface area contributed by atoms with Crippen molar-refractivity contribution in [2.45, 2.75) is 6.18 Å². The van der Waals surface area contributed by atoms with E-state index in [0.29, 0.717) is 0 Å². The van der Waals surface area contributed by atoms with Gasteiger partial charge in [-0.05, 0) is 18.2 Å². The number of halogens is 3. The van der Waals surface area contributed by atoms with E-state index in [0.717, 1.165) is 12.1 Å². The number of aryl methyl sites for hydroxylation is 1. The summed E-state index contributed by atoms with van der Waals surface area (Å²) in [5, 5.41) is 8.41. The maximum absolute atomic E-state index is 12.6. The van der Waals surface area contributed by atoms with E-state index in [2.05, 4.69) is 20.5 Å². The van der Waals surface area contributed by atoms with E-state index in [4.69, 9.17) is 0 Å². The van der Waals surface area contributed by atoms with Crippen molar-refractivity contribution in [3.05, 3.63) is 41.7 Å². The van der Waals surface area contributed by atoms with E-state index < -0.39 is 23.7 Å². The van der Waals surface area contributed by atoms with Crippen LogP contribution < -0.4 is 10.6 Å². The van der Waals surface area contributed by atoms with Crippen LogP contribution in [0.3, 0.4) is 0 Å². The topological polar surface area (TPSA) is 85.2 Å². The molecule has 2 N–H and O–H groups in total. The van der Waals surface area contributed by atoms with Gasteiger partial charge in [-0.3, -0.25) is 4.68 Å². The number of alkyl halides is 3. The lowest BCUT2D eigenvalue weighted by molar-refractivity contribution is -0.137. The first-order chi connectivity index (χ1) is 11.2. The van der Waals surface area contributed by atoms with E-state index in [1.165, 1.54) is 37.2 Å². The number of carbonyl (C=O) groups is 2.